The Morgan fingerprint density at radius 2 is 0.400 bits per heavy atom. The van der Waals surface area contributed by atoms with Crippen molar-refractivity contribution in [3.63, 3.8) is 0 Å². The third-order valence-corrected chi connectivity index (χ3v) is 2.76. The van der Waals surface area contributed by atoms with Crippen molar-refractivity contribution in [2.24, 2.45) is 0 Å². The smallest absolute Gasteiger partial charge is 0.00258 e. The highest BCUT2D eigenvalue weighted by atomic mass is 14.0. The molecule has 3 aromatic carbocycles. The summed E-state index contributed by atoms with van der Waals surface area (Å²) in [5.41, 5.74) is 2.74. The average Bonchev–Trinajstić information content (AvgIpc) is 3.03. The van der Waals surface area contributed by atoms with Gasteiger partial charge in [-0.2, -0.15) is 0 Å². The predicted octanol–water partition coefficient (Wildman–Crippen LogP) is 13.2. The molecule has 3 aromatic rings. The Morgan fingerprint density at radius 1 is 0.257 bits per heavy atom. The molecule has 0 bridgehead atoms. The van der Waals surface area contributed by atoms with E-state index in [2.05, 4.69) is 60.7 Å². The molecule has 0 aliphatic heterocycles. The summed E-state index contributed by atoms with van der Waals surface area (Å²) in [6, 6.07) is 33.1. The summed E-state index contributed by atoms with van der Waals surface area (Å²) in [4.78, 5) is 0. The highest BCUT2D eigenvalue weighted by Gasteiger charge is 1.92. The fourth-order valence-electron chi connectivity index (χ4n) is 1.81. The lowest BCUT2D eigenvalue weighted by Gasteiger charge is -2.00. The molecule has 0 unspecified atom stereocenters. The predicted molar refractivity (Wildman–Crippen MR) is 173 cm³/mol. The van der Waals surface area contributed by atoms with Crippen molar-refractivity contribution in [2.75, 3.05) is 0 Å². The van der Waals surface area contributed by atoms with Gasteiger partial charge in [0.2, 0.25) is 0 Å². The maximum atomic E-state index is 2.16. The van der Waals surface area contributed by atoms with Gasteiger partial charge in [-0.3, -0.25) is 0 Å². The van der Waals surface area contributed by atoms with Gasteiger partial charge in [-0.25, -0.2) is 0 Å². The lowest BCUT2D eigenvalue weighted by atomic mass is 10.1. The van der Waals surface area contributed by atoms with Crippen molar-refractivity contribution in [1.29, 1.82) is 0 Å². The third-order valence-electron chi connectivity index (χ3n) is 2.76. The fourth-order valence-corrected chi connectivity index (χ4v) is 1.81. The quantitative estimate of drug-likeness (QED) is 0.338. The molecule has 0 heterocycles. The van der Waals surface area contributed by atoms with E-state index in [1.165, 1.54) is 11.1 Å². The minimum absolute atomic E-state index is 1.03. The van der Waals surface area contributed by atoms with Gasteiger partial charge in [0, 0.05) is 0 Å². The second-order valence-corrected chi connectivity index (χ2v) is 4.30. The molecule has 0 fully saturated rings. The van der Waals surface area contributed by atoms with Crippen molar-refractivity contribution >= 4 is 0 Å². The molecule has 0 saturated carbocycles. The molecule has 206 valence electrons. The Bertz CT molecular complexity index is 477. The van der Waals surface area contributed by atoms with Crippen LogP contribution in [-0.2, 0) is 6.42 Å². The fraction of sp³-hybridized carbons (Fsp3) is 0.486. The first-order valence-electron chi connectivity index (χ1n) is 14.5. The van der Waals surface area contributed by atoms with E-state index in [-0.39, 0.29) is 0 Å². The van der Waals surface area contributed by atoms with Gasteiger partial charge >= 0.3 is 0 Å². The van der Waals surface area contributed by atoms with Gasteiger partial charge in [0.05, 0.1) is 0 Å². The van der Waals surface area contributed by atoms with Crippen molar-refractivity contribution in [3.8, 4) is 0 Å². The maximum Gasteiger partial charge on any atom is -0.00258 e. The number of rotatable bonds is 2. The molecule has 0 aliphatic carbocycles. The van der Waals surface area contributed by atoms with Crippen LogP contribution in [0, 0.1) is 0 Å². The summed E-state index contributed by atoms with van der Waals surface area (Å²) in [6.07, 6.45) is 1.03. The third kappa shape index (κ3) is 49.8. The van der Waals surface area contributed by atoms with Gasteiger partial charge in [-0.1, -0.05) is 208 Å². The molecule has 0 N–H and O–H groups in total. The topological polar surface area (TPSA) is 0 Å². The lowest BCUT2D eigenvalue weighted by molar-refractivity contribution is 1.19. The van der Waals surface area contributed by atoms with Crippen LogP contribution in [0.15, 0.2) is 97.1 Å². The van der Waals surface area contributed by atoms with Crippen LogP contribution in [0.1, 0.15) is 122 Å². The van der Waals surface area contributed by atoms with E-state index in [1.807, 2.05) is 147 Å². The zero-order chi connectivity index (χ0) is 29.2. The van der Waals surface area contributed by atoms with Crippen LogP contribution >= 0.6 is 0 Å². The van der Waals surface area contributed by atoms with Gasteiger partial charge in [0.1, 0.15) is 0 Å². The molecule has 0 aliphatic rings. The molecule has 0 atom stereocenters. The SMILES string of the molecule is CC.CC.CC.CC.CC.CC.CC.CC.c1ccc(Cc2ccccc2)cc1.c1ccccc1. The minimum Gasteiger partial charge on any atom is -0.0683 e. The van der Waals surface area contributed by atoms with Crippen molar-refractivity contribution in [2.45, 2.75) is 117 Å². The highest BCUT2D eigenvalue weighted by molar-refractivity contribution is 5.25. The lowest BCUT2D eigenvalue weighted by Crippen LogP contribution is -1.85. The second-order valence-electron chi connectivity index (χ2n) is 4.30. The van der Waals surface area contributed by atoms with E-state index in [0.29, 0.717) is 0 Å². The Labute approximate surface area is 225 Å². The van der Waals surface area contributed by atoms with E-state index in [4.69, 9.17) is 0 Å². The molecular weight excluding hydrogens is 420 g/mol. The summed E-state index contributed by atoms with van der Waals surface area (Å²) in [7, 11) is 0. The minimum atomic E-state index is 1.03. The first-order chi connectivity index (χ1) is 17.4. The highest BCUT2D eigenvalue weighted by Crippen LogP contribution is 2.07. The Morgan fingerprint density at radius 3 is 0.571 bits per heavy atom. The summed E-state index contributed by atoms with van der Waals surface area (Å²) < 4.78 is 0. The molecule has 0 heteroatoms. The van der Waals surface area contributed by atoms with Crippen LogP contribution in [0.25, 0.3) is 0 Å². The van der Waals surface area contributed by atoms with Gasteiger partial charge < -0.3 is 0 Å². The monoisotopic (exact) mass is 487 g/mol. The molecule has 0 radical (unpaired) electrons. The zero-order valence-corrected chi connectivity index (χ0v) is 26.9. The second kappa shape index (κ2) is 69.7. The Kier molecular flexibility index (Phi) is 99.0. The summed E-state index contributed by atoms with van der Waals surface area (Å²) in [5.74, 6) is 0. The summed E-state index contributed by atoms with van der Waals surface area (Å²) in [5, 5.41) is 0. The van der Waals surface area contributed by atoms with Gasteiger partial charge in [0.15, 0.2) is 0 Å². The standard InChI is InChI=1S/C13H12.C6H6.8C2H6/c1-3-7-12(8-4-1)11-13-9-5-2-6-10-13;1-2-4-6-5-3-1;8*1-2/h1-10H,11H2;1-6H;8*1-2H3. The largest absolute Gasteiger partial charge is 0.0683 e. The molecule has 0 spiro atoms. The molecule has 0 nitrogen and oxygen atoms in total. The summed E-state index contributed by atoms with van der Waals surface area (Å²) in [6.45, 7) is 32.0. The van der Waals surface area contributed by atoms with E-state index in [0.717, 1.165) is 6.42 Å². The Hall–Kier alpha value is -2.34. The number of hydrogen-bond acceptors (Lipinski definition) is 0. The van der Waals surface area contributed by atoms with E-state index in [9.17, 15) is 0 Å². The first-order valence-corrected chi connectivity index (χ1v) is 14.5. The molecule has 0 aromatic heterocycles. The first kappa shape index (κ1) is 49.7. The van der Waals surface area contributed by atoms with E-state index in [1.54, 1.807) is 0 Å². The molecule has 0 saturated heterocycles. The number of benzene rings is 3. The van der Waals surface area contributed by atoms with Gasteiger partial charge in [-0.05, 0) is 17.5 Å². The van der Waals surface area contributed by atoms with Gasteiger partial charge in [-0.15, -0.1) is 0 Å². The molecule has 0 amide bonds. The number of hydrogen-bond donors (Lipinski definition) is 0. The summed E-state index contributed by atoms with van der Waals surface area (Å²) >= 11 is 0. The average molecular weight is 487 g/mol. The van der Waals surface area contributed by atoms with Crippen molar-refractivity contribution in [3.05, 3.63) is 108 Å². The van der Waals surface area contributed by atoms with Crippen molar-refractivity contribution in [1.82, 2.24) is 0 Å². The van der Waals surface area contributed by atoms with E-state index >= 15 is 0 Å². The zero-order valence-electron chi connectivity index (χ0n) is 26.9. The maximum absolute atomic E-state index is 2.16. The Balaban J connectivity index is -0.0000000608. The van der Waals surface area contributed by atoms with Crippen LogP contribution in [0.2, 0.25) is 0 Å². The molecular formula is C35H66. The molecule has 3 rings (SSSR count). The normalized spacial score (nSPS) is 6.40. The van der Waals surface area contributed by atoms with E-state index < -0.39 is 0 Å². The van der Waals surface area contributed by atoms with Crippen molar-refractivity contribution < 1.29 is 0 Å². The van der Waals surface area contributed by atoms with Crippen LogP contribution < -0.4 is 0 Å². The van der Waals surface area contributed by atoms with Crippen LogP contribution in [0.5, 0.6) is 0 Å². The van der Waals surface area contributed by atoms with Gasteiger partial charge in [0.25, 0.3) is 0 Å². The van der Waals surface area contributed by atoms with Crippen LogP contribution in [0.3, 0.4) is 0 Å². The molecule has 35 heavy (non-hydrogen) atoms. The van der Waals surface area contributed by atoms with Crippen LogP contribution in [0.4, 0.5) is 0 Å². The van der Waals surface area contributed by atoms with Crippen LogP contribution in [-0.4, -0.2) is 0 Å².